The predicted octanol–water partition coefficient (Wildman–Crippen LogP) is 7.25. The number of rotatable bonds is 9. The van der Waals surface area contributed by atoms with Crippen LogP contribution in [0, 0.1) is 0 Å². The molecule has 0 saturated heterocycles. The first-order chi connectivity index (χ1) is 12.4. The molecule has 0 N–H and O–H groups in total. The van der Waals surface area contributed by atoms with Crippen LogP contribution in [0.5, 0.6) is 5.75 Å². The van der Waals surface area contributed by atoms with Crippen molar-refractivity contribution in [2.45, 2.75) is 45.4 Å². The van der Waals surface area contributed by atoms with E-state index in [1.807, 2.05) is 0 Å². The first kappa shape index (κ1) is 17.5. The summed E-state index contributed by atoms with van der Waals surface area (Å²) in [5.41, 5.74) is 2.50. The molecule has 0 bridgehead atoms. The molecule has 0 aromatic heterocycles. The van der Waals surface area contributed by atoms with Gasteiger partial charge >= 0.3 is 0 Å². The Kier molecular flexibility index (Phi) is 6.50. The SMILES string of the molecule is CCCCCCCCOc1ccc2ccc(-c3ccccc3)cc2c1. The summed E-state index contributed by atoms with van der Waals surface area (Å²) in [7, 11) is 0. The highest BCUT2D eigenvalue weighted by Crippen LogP contribution is 2.27. The minimum Gasteiger partial charge on any atom is -0.494 e. The summed E-state index contributed by atoms with van der Waals surface area (Å²) in [6.07, 6.45) is 7.76. The van der Waals surface area contributed by atoms with E-state index in [4.69, 9.17) is 4.74 Å². The van der Waals surface area contributed by atoms with Gasteiger partial charge in [-0.1, -0.05) is 87.6 Å². The highest BCUT2D eigenvalue weighted by molar-refractivity contribution is 5.88. The molecule has 0 aliphatic carbocycles. The lowest BCUT2D eigenvalue weighted by Gasteiger charge is -2.09. The van der Waals surface area contributed by atoms with Crippen molar-refractivity contribution in [2.75, 3.05) is 6.61 Å². The fourth-order valence-electron chi connectivity index (χ4n) is 3.20. The molecule has 0 heterocycles. The molecular formula is C24H28O. The Bertz CT molecular complexity index is 776. The molecule has 25 heavy (non-hydrogen) atoms. The van der Waals surface area contributed by atoms with Gasteiger partial charge in [-0.25, -0.2) is 0 Å². The zero-order valence-corrected chi connectivity index (χ0v) is 15.2. The highest BCUT2D eigenvalue weighted by atomic mass is 16.5. The van der Waals surface area contributed by atoms with E-state index < -0.39 is 0 Å². The maximum absolute atomic E-state index is 5.97. The van der Waals surface area contributed by atoms with Gasteiger partial charge in [-0.15, -0.1) is 0 Å². The van der Waals surface area contributed by atoms with Crippen LogP contribution in [0.3, 0.4) is 0 Å². The van der Waals surface area contributed by atoms with Gasteiger partial charge in [0.2, 0.25) is 0 Å². The number of ether oxygens (including phenoxy) is 1. The second-order valence-electron chi connectivity index (χ2n) is 6.71. The van der Waals surface area contributed by atoms with Gasteiger partial charge in [-0.05, 0) is 46.5 Å². The molecule has 0 fully saturated rings. The number of hydrogen-bond donors (Lipinski definition) is 0. The second kappa shape index (κ2) is 9.27. The molecule has 0 saturated carbocycles. The summed E-state index contributed by atoms with van der Waals surface area (Å²) in [6, 6.07) is 23.6. The third-order valence-electron chi connectivity index (χ3n) is 4.69. The van der Waals surface area contributed by atoms with Crippen LogP contribution in [0.15, 0.2) is 66.7 Å². The van der Waals surface area contributed by atoms with E-state index in [9.17, 15) is 0 Å². The lowest BCUT2D eigenvalue weighted by molar-refractivity contribution is 0.305. The molecule has 0 radical (unpaired) electrons. The number of unbranched alkanes of at least 4 members (excludes halogenated alkanes) is 5. The van der Waals surface area contributed by atoms with Crippen LogP contribution in [-0.4, -0.2) is 6.61 Å². The summed E-state index contributed by atoms with van der Waals surface area (Å²) in [5.74, 6) is 0.978. The van der Waals surface area contributed by atoms with Gasteiger partial charge in [0.05, 0.1) is 6.61 Å². The third-order valence-corrected chi connectivity index (χ3v) is 4.69. The van der Waals surface area contributed by atoms with Gasteiger partial charge in [0, 0.05) is 0 Å². The average molecular weight is 332 g/mol. The zero-order chi connectivity index (χ0) is 17.3. The molecule has 130 valence electrons. The Balaban J connectivity index is 1.61. The van der Waals surface area contributed by atoms with E-state index >= 15 is 0 Å². The summed E-state index contributed by atoms with van der Waals surface area (Å²) in [5, 5.41) is 2.49. The minimum atomic E-state index is 0.815. The van der Waals surface area contributed by atoms with E-state index in [0.717, 1.165) is 18.8 Å². The zero-order valence-electron chi connectivity index (χ0n) is 15.2. The molecular weight excluding hydrogens is 304 g/mol. The Hall–Kier alpha value is -2.28. The fraction of sp³-hybridized carbons (Fsp3) is 0.333. The van der Waals surface area contributed by atoms with Crippen LogP contribution >= 0.6 is 0 Å². The first-order valence-electron chi connectivity index (χ1n) is 9.59. The normalized spacial score (nSPS) is 10.9. The Labute approximate surface area is 151 Å². The lowest BCUT2D eigenvalue weighted by atomic mass is 10.0. The van der Waals surface area contributed by atoms with Gasteiger partial charge in [-0.2, -0.15) is 0 Å². The largest absolute Gasteiger partial charge is 0.494 e. The standard InChI is InChI=1S/C24H28O/c1-2-3-4-5-6-10-17-25-24-16-15-21-13-14-22(18-23(21)19-24)20-11-8-7-9-12-20/h7-9,11-16,18-19H,2-6,10,17H2,1H3. The van der Waals surface area contributed by atoms with Gasteiger partial charge < -0.3 is 4.74 Å². The van der Waals surface area contributed by atoms with Gasteiger partial charge in [0.1, 0.15) is 5.75 Å². The number of fused-ring (bicyclic) bond motifs is 1. The lowest BCUT2D eigenvalue weighted by Crippen LogP contribution is -1.97. The molecule has 0 aliphatic rings. The van der Waals surface area contributed by atoms with Crippen LogP contribution in [0.1, 0.15) is 45.4 Å². The average Bonchev–Trinajstić information content (AvgIpc) is 2.67. The van der Waals surface area contributed by atoms with Crippen molar-refractivity contribution in [1.29, 1.82) is 0 Å². The van der Waals surface area contributed by atoms with Crippen molar-refractivity contribution >= 4 is 10.8 Å². The van der Waals surface area contributed by atoms with Crippen molar-refractivity contribution in [1.82, 2.24) is 0 Å². The molecule has 1 nitrogen and oxygen atoms in total. The predicted molar refractivity (Wildman–Crippen MR) is 108 cm³/mol. The molecule has 3 aromatic carbocycles. The Morgan fingerprint density at radius 3 is 2.24 bits per heavy atom. The molecule has 0 amide bonds. The van der Waals surface area contributed by atoms with Crippen LogP contribution in [0.25, 0.3) is 21.9 Å². The van der Waals surface area contributed by atoms with E-state index in [1.54, 1.807) is 0 Å². The van der Waals surface area contributed by atoms with E-state index in [-0.39, 0.29) is 0 Å². The maximum Gasteiger partial charge on any atom is 0.119 e. The molecule has 3 aromatic rings. The summed E-state index contributed by atoms with van der Waals surface area (Å²) >= 11 is 0. The van der Waals surface area contributed by atoms with Gasteiger partial charge in [-0.3, -0.25) is 0 Å². The number of benzene rings is 3. The van der Waals surface area contributed by atoms with Crippen molar-refractivity contribution < 1.29 is 4.74 Å². The summed E-state index contributed by atoms with van der Waals surface area (Å²) in [6.45, 7) is 3.07. The minimum absolute atomic E-state index is 0.815. The first-order valence-corrected chi connectivity index (χ1v) is 9.59. The highest BCUT2D eigenvalue weighted by Gasteiger charge is 2.02. The van der Waals surface area contributed by atoms with Crippen molar-refractivity contribution in [3.8, 4) is 16.9 Å². The Morgan fingerprint density at radius 2 is 1.40 bits per heavy atom. The van der Waals surface area contributed by atoms with E-state index in [1.165, 1.54) is 54.0 Å². The van der Waals surface area contributed by atoms with Crippen molar-refractivity contribution in [2.24, 2.45) is 0 Å². The molecule has 1 heteroatoms. The van der Waals surface area contributed by atoms with E-state index in [2.05, 4.69) is 73.7 Å². The second-order valence-corrected chi connectivity index (χ2v) is 6.71. The van der Waals surface area contributed by atoms with Crippen molar-refractivity contribution in [3.63, 3.8) is 0 Å². The Morgan fingerprint density at radius 1 is 0.640 bits per heavy atom. The molecule has 0 spiro atoms. The van der Waals surface area contributed by atoms with Crippen LogP contribution < -0.4 is 4.74 Å². The fourth-order valence-corrected chi connectivity index (χ4v) is 3.20. The van der Waals surface area contributed by atoms with Gasteiger partial charge in [0.15, 0.2) is 0 Å². The van der Waals surface area contributed by atoms with E-state index in [0.29, 0.717) is 0 Å². The smallest absolute Gasteiger partial charge is 0.119 e. The van der Waals surface area contributed by atoms with Crippen molar-refractivity contribution in [3.05, 3.63) is 66.7 Å². The quantitative estimate of drug-likeness (QED) is 0.375. The number of hydrogen-bond acceptors (Lipinski definition) is 1. The van der Waals surface area contributed by atoms with Crippen LogP contribution in [-0.2, 0) is 0 Å². The summed E-state index contributed by atoms with van der Waals surface area (Å²) in [4.78, 5) is 0. The summed E-state index contributed by atoms with van der Waals surface area (Å²) < 4.78 is 5.97. The van der Waals surface area contributed by atoms with Crippen LogP contribution in [0.2, 0.25) is 0 Å². The van der Waals surface area contributed by atoms with Crippen LogP contribution in [0.4, 0.5) is 0 Å². The maximum atomic E-state index is 5.97. The topological polar surface area (TPSA) is 9.23 Å². The molecule has 0 aliphatic heterocycles. The molecule has 0 unspecified atom stereocenters. The third kappa shape index (κ3) is 5.09. The monoisotopic (exact) mass is 332 g/mol. The molecule has 0 atom stereocenters. The van der Waals surface area contributed by atoms with Gasteiger partial charge in [0.25, 0.3) is 0 Å². The molecule has 3 rings (SSSR count).